The quantitative estimate of drug-likeness (QED) is 0.443. The van der Waals surface area contributed by atoms with Gasteiger partial charge in [-0.15, -0.1) is 0 Å². The van der Waals surface area contributed by atoms with Crippen LogP contribution in [0.25, 0.3) is 11.1 Å². The molecule has 3 aromatic rings. The van der Waals surface area contributed by atoms with Crippen LogP contribution in [0.3, 0.4) is 0 Å². The van der Waals surface area contributed by atoms with Gasteiger partial charge in [-0.05, 0) is 71.0 Å². The lowest BCUT2D eigenvalue weighted by Gasteiger charge is -2.72. The van der Waals surface area contributed by atoms with Crippen LogP contribution in [0.4, 0.5) is 4.79 Å². The molecular formula is C29H26ClNO4. The minimum atomic E-state index is -1.03. The summed E-state index contributed by atoms with van der Waals surface area (Å²) in [7, 11) is 0. The van der Waals surface area contributed by atoms with Crippen LogP contribution in [-0.4, -0.2) is 29.8 Å². The number of aryl methyl sites for hydroxylation is 1. The highest BCUT2D eigenvalue weighted by molar-refractivity contribution is 6.31. The molecule has 5 nitrogen and oxygen atoms in total. The molecule has 7 rings (SSSR count). The van der Waals surface area contributed by atoms with Gasteiger partial charge in [0.1, 0.15) is 12.6 Å². The molecular weight excluding hydrogens is 462 g/mol. The van der Waals surface area contributed by atoms with Crippen LogP contribution in [0.15, 0.2) is 66.7 Å². The monoisotopic (exact) mass is 487 g/mol. The third kappa shape index (κ3) is 3.36. The molecule has 4 aliphatic rings. The molecule has 35 heavy (non-hydrogen) atoms. The van der Waals surface area contributed by atoms with Crippen LogP contribution in [0.2, 0.25) is 5.02 Å². The van der Waals surface area contributed by atoms with Crippen molar-refractivity contribution in [2.45, 2.75) is 43.6 Å². The number of nitrogens with one attached hydrogen (secondary N) is 1. The second-order valence-electron chi connectivity index (χ2n) is 10.4. The fraction of sp³-hybridized carbons (Fsp3) is 0.310. The highest BCUT2D eigenvalue weighted by Gasteiger charge is 2.73. The molecule has 0 radical (unpaired) electrons. The van der Waals surface area contributed by atoms with Crippen LogP contribution >= 0.6 is 11.6 Å². The number of amides is 1. The molecule has 3 aromatic carbocycles. The molecule has 0 saturated heterocycles. The zero-order valence-corrected chi connectivity index (χ0v) is 20.1. The molecule has 0 heterocycles. The number of carboxylic acid groups (broad SMARTS) is 1. The number of halogens is 1. The normalized spacial score (nSPS) is 24.4. The van der Waals surface area contributed by atoms with Crippen LogP contribution < -0.4 is 5.32 Å². The predicted octanol–water partition coefficient (Wildman–Crippen LogP) is 6.06. The summed E-state index contributed by atoms with van der Waals surface area (Å²) < 4.78 is 5.61. The summed E-state index contributed by atoms with van der Waals surface area (Å²) in [6.07, 6.45) is 1.40. The van der Waals surface area contributed by atoms with Gasteiger partial charge in [0.2, 0.25) is 0 Å². The molecule has 0 aromatic heterocycles. The van der Waals surface area contributed by atoms with Gasteiger partial charge in [-0.25, -0.2) is 9.59 Å². The molecule has 3 saturated carbocycles. The highest BCUT2D eigenvalue weighted by atomic mass is 35.5. The van der Waals surface area contributed by atoms with Crippen molar-refractivity contribution in [1.29, 1.82) is 0 Å². The number of rotatable bonds is 6. The fourth-order valence-electron chi connectivity index (χ4n) is 6.74. The Balaban J connectivity index is 1.13. The summed E-state index contributed by atoms with van der Waals surface area (Å²) >= 11 is 6.49. The van der Waals surface area contributed by atoms with Gasteiger partial charge < -0.3 is 15.2 Å². The Morgan fingerprint density at radius 1 is 1.03 bits per heavy atom. The van der Waals surface area contributed by atoms with E-state index < -0.39 is 23.5 Å². The van der Waals surface area contributed by atoms with Gasteiger partial charge in [0, 0.05) is 16.4 Å². The van der Waals surface area contributed by atoms with Crippen LogP contribution in [0, 0.1) is 12.3 Å². The fourth-order valence-corrected chi connectivity index (χ4v) is 7.18. The molecule has 1 unspecified atom stereocenters. The van der Waals surface area contributed by atoms with Gasteiger partial charge in [0.25, 0.3) is 0 Å². The summed E-state index contributed by atoms with van der Waals surface area (Å²) in [4.78, 5) is 24.9. The average molecular weight is 488 g/mol. The molecule has 0 aliphatic heterocycles. The lowest BCUT2D eigenvalue weighted by molar-refractivity contribution is -0.183. The number of ether oxygens (including phenoxy) is 1. The number of benzene rings is 3. The zero-order valence-electron chi connectivity index (χ0n) is 19.4. The first-order chi connectivity index (χ1) is 16.8. The lowest BCUT2D eigenvalue weighted by Crippen LogP contribution is -2.73. The second-order valence-corrected chi connectivity index (χ2v) is 10.8. The Morgan fingerprint density at radius 2 is 1.63 bits per heavy atom. The van der Waals surface area contributed by atoms with Crippen molar-refractivity contribution in [3.05, 3.63) is 94.0 Å². The minimum absolute atomic E-state index is 0.0710. The Hall–Kier alpha value is -3.31. The number of carbonyl (C=O) groups is 2. The maximum absolute atomic E-state index is 12.8. The van der Waals surface area contributed by atoms with E-state index in [1.807, 2.05) is 43.3 Å². The predicted molar refractivity (Wildman–Crippen MR) is 134 cm³/mol. The second kappa shape index (κ2) is 7.85. The average Bonchev–Trinajstić information content (AvgIpc) is 3.10. The molecule has 178 valence electrons. The van der Waals surface area contributed by atoms with E-state index in [0.717, 1.165) is 38.4 Å². The Kier molecular flexibility index (Phi) is 4.98. The Bertz CT molecular complexity index is 1300. The molecule has 0 spiro atoms. The summed E-state index contributed by atoms with van der Waals surface area (Å²) in [5.74, 6) is -1.10. The summed E-state index contributed by atoms with van der Waals surface area (Å²) in [5.41, 5.74) is 6.17. The molecule has 6 heteroatoms. The van der Waals surface area contributed by atoms with Crippen LogP contribution in [0.1, 0.15) is 47.4 Å². The smallest absolute Gasteiger partial charge is 0.407 e. The van der Waals surface area contributed by atoms with Gasteiger partial charge >= 0.3 is 12.1 Å². The molecule has 1 atom stereocenters. The van der Waals surface area contributed by atoms with E-state index in [0.29, 0.717) is 19.3 Å². The van der Waals surface area contributed by atoms with Crippen molar-refractivity contribution in [2.75, 3.05) is 6.61 Å². The maximum Gasteiger partial charge on any atom is 0.407 e. The van der Waals surface area contributed by atoms with Crippen molar-refractivity contribution in [3.8, 4) is 11.1 Å². The van der Waals surface area contributed by atoms with E-state index in [4.69, 9.17) is 16.3 Å². The molecule has 2 N–H and O–H groups in total. The third-order valence-electron chi connectivity index (χ3n) is 8.23. The Morgan fingerprint density at radius 3 is 2.20 bits per heavy atom. The first kappa shape index (κ1) is 22.2. The van der Waals surface area contributed by atoms with E-state index in [9.17, 15) is 14.7 Å². The topological polar surface area (TPSA) is 75.6 Å². The van der Waals surface area contributed by atoms with Crippen molar-refractivity contribution in [1.82, 2.24) is 5.32 Å². The van der Waals surface area contributed by atoms with Gasteiger partial charge in [0.05, 0.1) is 0 Å². The highest BCUT2D eigenvalue weighted by Crippen LogP contribution is 2.75. The molecule has 4 aliphatic carbocycles. The van der Waals surface area contributed by atoms with E-state index in [1.165, 1.54) is 0 Å². The zero-order chi connectivity index (χ0) is 24.4. The van der Waals surface area contributed by atoms with Crippen LogP contribution in [0.5, 0.6) is 0 Å². The molecule has 1 amide bonds. The largest absolute Gasteiger partial charge is 0.480 e. The van der Waals surface area contributed by atoms with E-state index >= 15 is 0 Å². The number of fused-ring (bicyclic) bond motifs is 3. The number of alkyl carbamates (subject to hydrolysis) is 1. The third-order valence-corrected chi connectivity index (χ3v) is 8.55. The number of hydrogen-bond acceptors (Lipinski definition) is 3. The van der Waals surface area contributed by atoms with Gasteiger partial charge in [-0.3, -0.25) is 0 Å². The van der Waals surface area contributed by atoms with Crippen LogP contribution in [-0.2, 0) is 14.9 Å². The summed E-state index contributed by atoms with van der Waals surface area (Å²) in [6, 6.07) is 21.3. The maximum atomic E-state index is 12.8. The van der Waals surface area contributed by atoms with Gasteiger partial charge in [-0.1, -0.05) is 72.3 Å². The first-order valence-electron chi connectivity index (χ1n) is 11.9. The van der Waals surface area contributed by atoms with Crippen molar-refractivity contribution < 1.29 is 19.4 Å². The first-order valence-corrected chi connectivity index (χ1v) is 12.3. The summed E-state index contributed by atoms with van der Waals surface area (Å²) in [6.45, 7) is 2.15. The van der Waals surface area contributed by atoms with E-state index in [2.05, 4.69) is 35.6 Å². The van der Waals surface area contributed by atoms with E-state index in [-0.39, 0.29) is 17.9 Å². The van der Waals surface area contributed by atoms with Crippen molar-refractivity contribution in [2.24, 2.45) is 5.41 Å². The Labute approximate surface area is 209 Å². The number of carboxylic acids is 1. The van der Waals surface area contributed by atoms with Gasteiger partial charge in [-0.2, -0.15) is 0 Å². The van der Waals surface area contributed by atoms with Crippen molar-refractivity contribution >= 4 is 23.7 Å². The van der Waals surface area contributed by atoms with E-state index in [1.54, 1.807) is 0 Å². The standard InChI is InChI=1S/C29H26ClNO4/c1-17-10-11-23(24(30)12-17)28-14-29(15-28,16-28)25(26(32)33)31-27(34)35-13-22-20-8-4-2-6-18(20)19-7-3-5-9-21(19)22/h2-12,22,25H,13-16H2,1H3,(H,31,34)(H,32,33). The molecule has 3 fully saturated rings. The van der Waals surface area contributed by atoms with Gasteiger partial charge in [0.15, 0.2) is 0 Å². The summed E-state index contributed by atoms with van der Waals surface area (Å²) in [5, 5.41) is 13.3. The number of hydrogen-bond donors (Lipinski definition) is 2. The number of carbonyl (C=O) groups excluding carboxylic acids is 1. The number of aliphatic carboxylic acids is 1. The SMILES string of the molecule is Cc1ccc(C23CC(C(NC(=O)OCC4c5ccccc5-c5ccccc54)C(=O)O)(C2)C3)c(Cl)c1. The minimum Gasteiger partial charge on any atom is -0.480 e. The lowest BCUT2D eigenvalue weighted by atomic mass is 9.31. The van der Waals surface area contributed by atoms with Crippen molar-refractivity contribution in [3.63, 3.8) is 0 Å². The molecule has 2 bridgehead atoms.